The van der Waals surface area contributed by atoms with Gasteiger partial charge in [-0.2, -0.15) is 8.78 Å². The summed E-state index contributed by atoms with van der Waals surface area (Å²) in [6, 6.07) is 18.1. The van der Waals surface area contributed by atoms with Gasteiger partial charge in [0.25, 0.3) is 5.91 Å². The molecule has 1 aliphatic rings. The molecule has 1 amide bonds. The van der Waals surface area contributed by atoms with Gasteiger partial charge in [-0.15, -0.1) is 10.2 Å². The molecule has 1 aliphatic heterocycles. The maximum atomic E-state index is 13.5. The SMILES string of the molecule is Cn1cnc(-c2ccc3oc(-c4ccnc(C(=O)N5CCN(C(c6ccccc6)c6nnn(C(F)F)n6)CC5)c4)nc3c2)c1. The molecule has 0 aliphatic carbocycles. The van der Waals surface area contributed by atoms with Gasteiger partial charge in [0.1, 0.15) is 11.2 Å². The number of piperazine rings is 1. The van der Waals surface area contributed by atoms with E-state index in [4.69, 9.17) is 4.42 Å². The fraction of sp³-hybridized carbons (Fsp3) is 0.233. The zero-order chi connectivity index (χ0) is 30.2. The molecule has 1 saturated heterocycles. The van der Waals surface area contributed by atoms with E-state index in [1.807, 2.05) is 66.3 Å². The number of oxazole rings is 1. The number of alkyl halides is 2. The summed E-state index contributed by atoms with van der Waals surface area (Å²) in [5.74, 6) is 0.337. The van der Waals surface area contributed by atoms with E-state index in [0.717, 1.165) is 16.8 Å². The summed E-state index contributed by atoms with van der Waals surface area (Å²) >= 11 is 0. The van der Waals surface area contributed by atoms with Crippen LogP contribution in [0.15, 0.2) is 83.8 Å². The molecular weight excluding hydrogens is 570 g/mol. The molecule has 1 unspecified atom stereocenters. The van der Waals surface area contributed by atoms with Crippen molar-refractivity contribution in [2.24, 2.45) is 7.05 Å². The second-order valence-corrected chi connectivity index (χ2v) is 10.4. The van der Waals surface area contributed by atoms with Gasteiger partial charge in [0.2, 0.25) is 5.89 Å². The Balaban J connectivity index is 1.08. The topological polar surface area (TPSA) is 124 Å². The number of aromatic nitrogens is 8. The largest absolute Gasteiger partial charge is 0.436 e. The summed E-state index contributed by atoms with van der Waals surface area (Å²) in [5, 5.41) is 11.4. The number of pyridine rings is 1. The monoisotopic (exact) mass is 596 g/mol. The predicted octanol–water partition coefficient (Wildman–Crippen LogP) is 4.22. The average Bonchev–Trinajstić information content (AvgIpc) is 3.82. The van der Waals surface area contributed by atoms with Gasteiger partial charge in [-0.3, -0.25) is 14.7 Å². The lowest BCUT2D eigenvalue weighted by atomic mass is 10.0. The average molecular weight is 597 g/mol. The molecule has 0 bridgehead atoms. The maximum Gasteiger partial charge on any atom is 0.350 e. The van der Waals surface area contributed by atoms with Crippen molar-refractivity contribution in [3.63, 3.8) is 0 Å². The number of tetrazole rings is 1. The highest BCUT2D eigenvalue weighted by atomic mass is 19.3. The Kier molecular flexibility index (Phi) is 7.10. The summed E-state index contributed by atoms with van der Waals surface area (Å²) in [6.07, 6.45) is 5.24. The van der Waals surface area contributed by atoms with E-state index in [1.54, 1.807) is 29.6 Å². The summed E-state index contributed by atoms with van der Waals surface area (Å²) in [7, 11) is 1.91. The number of amides is 1. The van der Waals surface area contributed by atoms with E-state index in [1.165, 1.54) is 0 Å². The fourth-order valence-electron chi connectivity index (χ4n) is 5.39. The van der Waals surface area contributed by atoms with Crippen LogP contribution < -0.4 is 0 Å². The minimum atomic E-state index is -2.88. The third-order valence-electron chi connectivity index (χ3n) is 7.56. The number of hydrogen-bond acceptors (Lipinski definition) is 9. The Hall–Kier alpha value is -5.37. The van der Waals surface area contributed by atoms with E-state index in [0.29, 0.717) is 53.5 Å². The first kappa shape index (κ1) is 27.5. The lowest BCUT2D eigenvalue weighted by molar-refractivity contribution is 0.0385. The summed E-state index contributed by atoms with van der Waals surface area (Å²) in [4.78, 5) is 31.0. The van der Waals surface area contributed by atoms with E-state index >= 15 is 0 Å². The lowest BCUT2D eigenvalue weighted by Crippen LogP contribution is -2.50. The van der Waals surface area contributed by atoms with Crippen molar-refractivity contribution < 1.29 is 18.0 Å². The number of fused-ring (bicyclic) bond motifs is 1. The van der Waals surface area contributed by atoms with E-state index in [-0.39, 0.29) is 17.4 Å². The molecule has 6 aromatic rings. The molecule has 1 atom stereocenters. The first-order chi connectivity index (χ1) is 21.4. The van der Waals surface area contributed by atoms with Crippen LogP contribution in [0.3, 0.4) is 0 Å². The highest BCUT2D eigenvalue weighted by Gasteiger charge is 2.32. The van der Waals surface area contributed by atoms with Crippen molar-refractivity contribution in [3.05, 3.63) is 96.5 Å². The number of hydrogen-bond donors (Lipinski definition) is 0. The maximum absolute atomic E-state index is 13.5. The van der Waals surface area contributed by atoms with Crippen molar-refractivity contribution in [1.29, 1.82) is 0 Å². The molecule has 5 heterocycles. The van der Waals surface area contributed by atoms with Gasteiger partial charge in [-0.25, -0.2) is 9.97 Å². The molecule has 0 radical (unpaired) electrons. The molecule has 44 heavy (non-hydrogen) atoms. The highest BCUT2D eigenvalue weighted by molar-refractivity contribution is 5.93. The van der Waals surface area contributed by atoms with Gasteiger partial charge in [-0.1, -0.05) is 35.1 Å². The van der Waals surface area contributed by atoms with Gasteiger partial charge < -0.3 is 13.9 Å². The van der Waals surface area contributed by atoms with Crippen LogP contribution in [0.5, 0.6) is 0 Å². The number of rotatable bonds is 7. The number of nitrogens with zero attached hydrogens (tertiary/aromatic N) is 10. The fourth-order valence-corrected chi connectivity index (χ4v) is 5.39. The van der Waals surface area contributed by atoms with Crippen molar-refractivity contribution in [2.75, 3.05) is 26.2 Å². The van der Waals surface area contributed by atoms with Gasteiger partial charge in [0.15, 0.2) is 11.4 Å². The third kappa shape index (κ3) is 5.30. The second-order valence-electron chi connectivity index (χ2n) is 10.4. The smallest absolute Gasteiger partial charge is 0.350 e. The first-order valence-corrected chi connectivity index (χ1v) is 13.9. The van der Waals surface area contributed by atoms with Crippen molar-refractivity contribution >= 4 is 17.0 Å². The molecule has 0 spiro atoms. The highest BCUT2D eigenvalue weighted by Crippen LogP contribution is 2.30. The predicted molar refractivity (Wildman–Crippen MR) is 154 cm³/mol. The van der Waals surface area contributed by atoms with Gasteiger partial charge in [-0.05, 0) is 41.1 Å². The van der Waals surface area contributed by atoms with Crippen LogP contribution in [-0.4, -0.2) is 81.6 Å². The van der Waals surface area contributed by atoms with Crippen LogP contribution in [0.1, 0.15) is 34.5 Å². The molecule has 0 N–H and O–H groups in total. The molecule has 222 valence electrons. The minimum absolute atomic E-state index is 0.177. The van der Waals surface area contributed by atoms with Gasteiger partial charge in [0.05, 0.1) is 18.1 Å². The van der Waals surface area contributed by atoms with Crippen molar-refractivity contribution in [2.45, 2.75) is 12.6 Å². The van der Waals surface area contributed by atoms with Gasteiger partial charge >= 0.3 is 6.55 Å². The van der Waals surface area contributed by atoms with E-state index in [2.05, 4.69) is 35.3 Å². The summed E-state index contributed by atoms with van der Waals surface area (Å²) in [5.41, 5.74) is 4.81. The van der Waals surface area contributed by atoms with Crippen LogP contribution in [-0.2, 0) is 7.05 Å². The van der Waals surface area contributed by atoms with Crippen LogP contribution >= 0.6 is 0 Å². The lowest BCUT2D eigenvalue weighted by Gasteiger charge is -2.38. The molecule has 12 nitrogen and oxygen atoms in total. The number of carbonyl (C=O) groups is 1. The quantitative estimate of drug-likeness (QED) is 0.266. The van der Waals surface area contributed by atoms with Crippen LogP contribution in [0.4, 0.5) is 8.78 Å². The summed E-state index contributed by atoms with van der Waals surface area (Å²) in [6.45, 7) is -1.15. The molecule has 2 aromatic carbocycles. The molecule has 7 rings (SSSR count). The first-order valence-electron chi connectivity index (χ1n) is 13.9. The van der Waals surface area contributed by atoms with Crippen LogP contribution in [0.2, 0.25) is 0 Å². The standard InChI is InChI=1S/C30H26F2N10O2/c1-39-17-24(34-18-39)20-7-8-25-22(15-20)35-28(44-25)21-9-10-33-23(16-21)29(43)41-13-11-40(12-14-41)26(19-5-3-2-4-6-19)27-36-38-42(37-27)30(31)32/h2-10,15-18,26,30H,11-14H2,1H3. The molecule has 4 aromatic heterocycles. The van der Waals surface area contributed by atoms with Gasteiger partial charge in [0, 0.05) is 56.7 Å². The number of halogens is 2. The Bertz CT molecular complexity index is 1930. The van der Waals surface area contributed by atoms with E-state index < -0.39 is 12.6 Å². The zero-order valence-corrected chi connectivity index (χ0v) is 23.5. The normalized spacial score (nSPS) is 14.9. The molecular formula is C30H26F2N10O2. The molecule has 1 fully saturated rings. The summed E-state index contributed by atoms with van der Waals surface area (Å²) < 4.78 is 34.3. The second kappa shape index (κ2) is 11.4. The Labute approximate surface area is 249 Å². The minimum Gasteiger partial charge on any atom is -0.436 e. The Morgan fingerprint density at radius 3 is 2.50 bits per heavy atom. The Morgan fingerprint density at radius 1 is 0.955 bits per heavy atom. The number of carbonyl (C=O) groups excluding carboxylic acids is 1. The van der Waals surface area contributed by atoms with Crippen molar-refractivity contribution in [3.8, 4) is 22.7 Å². The van der Waals surface area contributed by atoms with Crippen molar-refractivity contribution in [1.82, 2.24) is 49.5 Å². The number of benzene rings is 2. The van der Waals surface area contributed by atoms with E-state index in [9.17, 15) is 13.6 Å². The molecule has 14 heteroatoms. The van der Waals surface area contributed by atoms with Crippen LogP contribution in [0, 0.1) is 0 Å². The number of aryl methyl sites for hydroxylation is 1. The molecule has 0 saturated carbocycles. The zero-order valence-electron chi connectivity index (χ0n) is 23.5. The van der Waals surface area contributed by atoms with Crippen LogP contribution in [0.25, 0.3) is 33.8 Å². The Morgan fingerprint density at radius 2 is 1.77 bits per heavy atom. The third-order valence-corrected chi connectivity index (χ3v) is 7.56. The number of imidazole rings is 1.